The fraction of sp³-hybridized carbons (Fsp3) is 0.562. The van der Waals surface area contributed by atoms with Gasteiger partial charge in [0.05, 0.1) is 47.1 Å². The van der Waals surface area contributed by atoms with Crippen LogP contribution in [0.3, 0.4) is 0 Å². The zero-order valence-corrected chi connectivity index (χ0v) is 19.0. The molecule has 3 heterocycles. The fourth-order valence-corrected chi connectivity index (χ4v) is 5.92. The summed E-state index contributed by atoms with van der Waals surface area (Å²) in [5.74, 6) is -1.38. The van der Waals surface area contributed by atoms with Crippen LogP contribution in [-0.2, 0) is 15.1 Å². The zero-order valence-electron chi connectivity index (χ0n) is 18.1. The summed E-state index contributed by atoms with van der Waals surface area (Å²) in [5.41, 5.74) is -1.37. The van der Waals surface area contributed by atoms with Gasteiger partial charge in [-0.2, -0.15) is 5.10 Å². The molecule has 9 nitrogen and oxygen atoms in total. The second kappa shape index (κ2) is 9.36. The highest BCUT2D eigenvalue weighted by atomic mass is 32.2. The lowest BCUT2D eigenvalue weighted by Crippen LogP contribution is -2.56. The van der Waals surface area contributed by atoms with E-state index in [0.29, 0.717) is 10.9 Å². The summed E-state index contributed by atoms with van der Waals surface area (Å²) >= 11 is 0. The number of hydrogen-bond donors (Lipinski definition) is 1. The second-order valence-electron chi connectivity index (χ2n) is 8.17. The first kappa shape index (κ1) is 27.4. The highest BCUT2D eigenvalue weighted by Gasteiger charge is 2.59. The van der Waals surface area contributed by atoms with Gasteiger partial charge in [0.15, 0.2) is 5.82 Å². The van der Waals surface area contributed by atoms with E-state index >= 15 is 4.39 Å². The molecule has 0 unspecified atom stereocenters. The number of nitrogens with one attached hydrogen (secondary N) is 1. The number of aromatic nitrogens is 3. The van der Waals surface area contributed by atoms with Crippen LogP contribution in [0.1, 0.15) is 25.0 Å². The van der Waals surface area contributed by atoms with Crippen LogP contribution in [0.5, 0.6) is 0 Å². The van der Waals surface area contributed by atoms with Crippen LogP contribution in [-0.4, -0.2) is 99.5 Å². The molecule has 1 N–H and O–H groups in total. The number of sulfone groups is 1. The minimum atomic E-state index is -5.46. The number of urea groups is 1. The Labute approximate surface area is 207 Å². The van der Waals surface area contributed by atoms with E-state index < -0.39 is 54.2 Å². The average molecular weight is 494 g/mol. The number of piperidine rings is 1. The Hall–Kier alpha value is -2.18. The van der Waals surface area contributed by atoms with E-state index in [-0.39, 0.29) is 31.7 Å². The van der Waals surface area contributed by atoms with Crippen molar-refractivity contribution in [2.24, 2.45) is 5.92 Å². The molecule has 2 aromatic rings. The molecule has 1 aliphatic heterocycles. The number of carbonyl (C=O) groups is 1. The largest absolute Gasteiger partial charge is 0.363 e. The van der Waals surface area contributed by atoms with Crippen molar-refractivity contribution in [1.29, 1.82) is 0 Å². The van der Waals surface area contributed by atoms with E-state index in [1.807, 2.05) is 0 Å². The van der Waals surface area contributed by atoms with Gasteiger partial charge >= 0.3 is 6.03 Å². The van der Waals surface area contributed by atoms with Crippen LogP contribution in [0.25, 0.3) is 0 Å². The molecule has 0 saturated carbocycles. The third-order valence-corrected chi connectivity index (χ3v) is 7.92. The Morgan fingerprint density at radius 1 is 1.17 bits per heavy atom. The van der Waals surface area contributed by atoms with E-state index in [2.05, 4.69) is 20.1 Å². The number of nitrogens with zero attached hydrogens (tertiary/aromatic N) is 4. The molecular weight excluding hydrogens is 480 g/mol. The van der Waals surface area contributed by atoms with E-state index in [0.717, 1.165) is 0 Å². The fourth-order valence-electron chi connectivity index (χ4n) is 3.81. The third kappa shape index (κ3) is 5.05. The molecule has 12 radical (unpaired) electrons. The Morgan fingerprint density at radius 2 is 1.77 bits per heavy atom. The number of amides is 2. The Balaban J connectivity index is 1.94. The standard InChI is InChI=1S/C16H14B6F3N5O4S/c17-15(18,19)14(25,8-1-4-29(5-2-8)13(31)26-10-3-6-34-28-10)35(32,33)9-7-30(16(20,21)22)27-11(9)12(23)24/h3,6-8,12H,1-2,4-5H2,(H,26,28,31)/t14-/m0/s1. The molecule has 19 heteroatoms. The van der Waals surface area contributed by atoms with Crippen molar-refractivity contribution < 1.29 is 30.9 Å². The number of halogens is 3. The van der Waals surface area contributed by atoms with E-state index in [1.165, 1.54) is 17.2 Å². The van der Waals surface area contributed by atoms with Crippen molar-refractivity contribution in [2.45, 2.75) is 39.5 Å². The van der Waals surface area contributed by atoms with E-state index in [1.54, 1.807) is 0 Å². The number of likely N-dealkylation sites (tertiary alicyclic amines) is 1. The third-order valence-electron chi connectivity index (χ3n) is 5.56. The van der Waals surface area contributed by atoms with Gasteiger partial charge in [0.25, 0.3) is 6.43 Å². The smallest absolute Gasteiger partial charge is 0.323 e. The van der Waals surface area contributed by atoms with Crippen molar-refractivity contribution in [2.75, 3.05) is 18.4 Å². The number of anilines is 1. The number of alkyl halides is 3. The van der Waals surface area contributed by atoms with Crippen molar-refractivity contribution in [3.63, 3.8) is 0 Å². The van der Waals surface area contributed by atoms with Gasteiger partial charge in [0.1, 0.15) is 16.9 Å². The summed E-state index contributed by atoms with van der Waals surface area (Å²) in [6.45, 7) is -0.297. The van der Waals surface area contributed by atoms with E-state index in [9.17, 15) is 22.0 Å². The molecule has 35 heavy (non-hydrogen) atoms. The van der Waals surface area contributed by atoms with Crippen molar-refractivity contribution in [3.05, 3.63) is 24.2 Å². The summed E-state index contributed by atoms with van der Waals surface area (Å²) in [4.78, 5) is 12.3. The Morgan fingerprint density at radius 3 is 2.23 bits per heavy atom. The molecule has 0 aliphatic carbocycles. The molecule has 1 fully saturated rings. The summed E-state index contributed by atoms with van der Waals surface area (Å²) in [6, 6.07) is 0.769. The van der Waals surface area contributed by atoms with Gasteiger partial charge in [-0.3, -0.25) is 10.00 Å². The van der Waals surface area contributed by atoms with Crippen LogP contribution >= 0.6 is 0 Å². The van der Waals surface area contributed by atoms with Crippen molar-refractivity contribution in [3.8, 4) is 0 Å². The molecule has 1 saturated heterocycles. The highest BCUT2D eigenvalue weighted by molar-refractivity contribution is 7.93. The molecule has 1 aliphatic rings. The summed E-state index contributed by atoms with van der Waals surface area (Å²) in [6.07, 6.45) is -2.38. The molecule has 0 aromatic carbocycles. The van der Waals surface area contributed by atoms with Gasteiger partial charge in [-0.25, -0.2) is 26.4 Å². The van der Waals surface area contributed by atoms with Gasteiger partial charge in [-0.15, -0.1) is 0 Å². The molecule has 1 atom stereocenters. The van der Waals surface area contributed by atoms with Crippen LogP contribution in [0, 0.1) is 5.92 Å². The SMILES string of the molecule is [B]C([B])([B])n1cc(S(=O)(=O)[C@@](F)(C2CCN(C(=O)Nc3ccon3)CC2)C([B])([B])[B])c(C(F)F)n1. The normalized spacial score (nSPS) is 17.9. The van der Waals surface area contributed by atoms with Crippen LogP contribution in [0.2, 0.25) is 5.11 Å². The topological polar surface area (TPSA) is 110 Å². The highest BCUT2D eigenvalue weighted by Crippen LogP contribution is 2.51. The zero-order chi connectivity index (χ0) is 26.4. The molecule has 3 rings (SSSR count). The quantitative estimate of drug-likeness (QED) is 0.537. The Bertz CT molecular complexity index is 1160. The van der Waals surface area contributed by atoms with Gasteiger partial charge < -0.3 is 9.42 Å². The minimum absolute atomic E-state index is 0.122. The number of hydrogen-bond acceptors (Lipinski definition) is 6. The predicted molar refractivity (Wildman–Crippen MR) is 123 cm³/mol. The first-order valence-corrected chi connectivity index (χ1v) is 11.5. The number of rotatable bonds is 7. The van der Waals surface area contributed by atoms with Crippen LogP contribution < -0.4 is 5.32 Å². The molecule has 172 valence electrons. The summed E-state index contributed by atoms with van der Waals surface area (Å²) < 4.78 is 75.7. The lowest BCUT2D eigenvalue weighted by atomic mass is 9.38. The monoisotopic (exact) mass is 495 g/mol. The van der Waals surface area contributed by atoms with Crippen molar-refractivity contribution in [1.82, 2.24) is 19.8 Å². The van der Waals surface area contributed by atoms with Gasteiger partial charge in [0.2, 0.25) is 14.8 Å². The lowest BCUT2D eigenvalue weighted by Gasteiger charge is -2.46. The summed E-state index contributed by atoms with van der Waals surface area (Å²) in [7, 11) is 27.5. The lowest BCUT2D eigenvalue weighted by molar-refractivity contribution is 0.105. The first-order valence-electron chi connectivity index (χ1n) is 10.0. The van der Waals surface area contributed by atoms with E-state index in [4.69, 9.17) is 47.1 Å². The number of carbonyl (C=O) groups excluding carboxylic acids is 1. The molecule has 2 amide bonds. The van der Waals surface area contributed by atoms with Crippen molar-refractivity contribution >= 4 is 68.8 Å². The molecule has 2 aromatic heterocycles. The second-order valence-corrected chi connectivity index (χ2v) is 10.2. The van der Waals surface area contributed by atoms with Crippen LogP contribution in [0.4, 0.5) is 23.8 Å². The predicted octanol–water partition coefficient (Wildman–Crippen LogP) is -0.155. The molecule has 0 spiro atoms. The minimum Gasteiger partial charge on any atom is -0.363 e. The maximum Gasteiger partial charge on any atom is 0.323 e. The molecule has 0 bridgehead atoms. The van der Waals surface area contributed by atoms with Gasteiger partial charge in [-0.1, -0.05) is 10.3 Å². The summed E-state index contributed by atoms with van der Waals surface area (Å²) in [5, 5.41) is 0.162. The maximum absolute atomic E-state index is 16.6. The first-order chi connectivity index (χ1) is 16.0. The maximum atomic E-state index is 16.6. The van der Waals surface area contributed by atoms with Gasteiger partial charge in [-0.05, 0) is 18.1 Å². The average Bonchev–Trinajstić information content (AvgIpc) is 3.42. The Kier molecular flexibility index (Phi) is 7.33. The van der Waals surface area contributed by atoms with Crippen LogP contribution in [0.15, 0.2) is 27.9 Å². The van der Waals surface area contributed by atoms with Gasteiger partial charge in [0, 0.05) is 31.3 Å². The molecular formula is C16H14B6F3N5O4S.